The molecule has 0 aliphatic rings. The maximum Gasteiger partial charge on any atom is 0.246 e. The molecule has 20 heavy (non-hydrogen) atoms. The summed E-state index contributed by atoms with van der Waals surface area (Å²) in [7, 11) is -2.16. The molecule has 7 nitrogen and oxygen atoms in total. The van der Waals surface area contributed by atoms with E-state index in [1.54, 1.807) is 32.2 Å². The van der Waals surface area contributed by atoms with Crippen molar-refractivity contribution in [3.8, 4) is 5.88 Å². The van der Waals surface area contributed by atoms with Gasteiger partial charge < -0.3 is 9.26 Å². The number of hydrogen-bond acceptors (Lipinski definition) is 6. The van der Waals surface area contributed by atoms with Crippen molar-refractivity contribution in [1.29, 1.82) is 0 Å². The molecule has 0 aliphatic carbocycles. The van der Waals surface area contributed by atoms with Crippen LogP contribution < -0.4 is 9.46 Å². The summed E-state index contributed by atoms with van der Waals surface area (Å²) in [4.78, 5) is 4.04. The molecule has 0 amide bonds. The van der Waals surface area contributed by atoms with E-state index in [2.05, 4.69) is 14.9 Å². The maximum atomic E-state index is 12.2. The molecule has 0 aliphatic heterocycles. The van der Waals surface area contributed by atoms with E-state index in [0.717, 1.165) is 5.56 Å². The van der Waals surface area contributed by atoms with Crippen molar-refractivity contribution in [2.24, 2.45) is 0 Å². The molecule has 2 aromatic heterocycles. The SMILES string of the molecule is COc1cc(CNS(=O)(=O)c2c(C)noc2C)ccn1. The Morgan fingerprint density at radius 1 is 1.40 bits per heavy atom. The molecule has 2 heterocycles. The lowest BCUT2D eigenvalue weighted by molar-refractivity contribution is 0.390. The molecule has 0 atom stereocenters. The maximum absolute atomic E-state index is 12.2. The lowest BCUT2D eigenvalue weighted by Gasteiger charge is -2.07. The molecular formula is C12H15N3O4S. The average molecular weight is 297 g/mol. The molecule has 2 rings (SSSR count). The first-order valence-corrected chi connectivity index (χ1v) is 7.34. The van der Waals surface area contributed by atoms with E-state index in [9.17, 15) is 8.42 Å². The van der Waals surface area contributed by atoms with Crippen LogP contribution in [0.2, 0.25) is 0 Å². The zero-order valence-electron chi connectivity index (χ0n) is 11.4. The summed E-state index contributed by atoms with van der Waals surface area (Å²) >= 11 is 0. The van der Waals surface area contributed by atoms with Crippen molar-refractivity contribution in [3.05, 3.63) is 35.3 Å². The van der Waals surface area contributed by atoms with Gasteiger partial charge in [-0.3, -0.25) is 0 Å². The van der Waals surface area contributed by atoms with E-state index in [1.807, 2.05) is 0 Å². The molecule has 0 spiro atoms. The van der Waals surface area contributed by atoms with Crippen LogP contribution in [0.3, 0.4) is 0 Å². The van der Waals surface area contributed by atoms with Gasteiger partial charge in [-0.1, -0.05) is 5.16 Å². The minimum absolute atomic E-state index is 0.0820. The predicted octanol–water partition coefficient (Wildman–Crippen LogP) is 1.17. The van der Waals surface area contributed by atoms with Gasteiger partial charge in [-0.25, -0.2) is 18.1 Å². The highest BCUT2D eigenvalue weighted by Crippen LogP contribution is 2.19. The second-order valence-electron chi connectivity index (χ2n) is 4.18. The van der Waals surface area contributed by atoms with E-state index in [-0.39, 0.29) is 17.2 Å². The van der Waals surface area contributed by atoms with Crippen LogP contribution in [-0.4, -0.2) is 25.7 Å². The number of hydrogen-bond donors (Lipinski definition) is 1. The van der Waals surface area contributed by atoms with Gasteiger partial charge in [0.05, 0.1) is 7.11 Å². The molecule has 0 aromatic carbocycles. The van der Waals surface area contributed by atoms with Gasteiger partial charge in [0.25, 0.3) is 0 Å². The summed E-state index contributed by atoms with van der Waals surface area (Å²) < 4.78 is 36.8. The van der Waals surface area contributed by atoms with E-state index in [4.69, 9.17) is 9.26 Å². The van der Waals surface area contributed by atoms with Crippen molar-refractivity contribution in [2.45, 2.75) is 25.3 Å². The first-order chi connectivity index (χ1) is 9.44. The number of nitrogens with one attached hydrogen (secondary N) is 1. The molecule has 0 saturated carbocycles. The van der Waals surface area contributed by atoms with Crippen molar-refractivity contribution in [3.63, 3.8) is 0 Å². The lowest BCUT2D eigenvalue weighted by Crippen LogP contribution is -2.24. The van der Waals surface area contributed by atoms with Crippen molar-refractivity contribution >= 4 is 10.0 Å². The summed E-state index contributed by atoms with van der Waals surface area (Å²) in [6, 6.07) is 3.37. The zero-order chi connectivity index (χ0) is 14.8. The standard InChI is InChI=1S/C12H15N3O4S/c1-8-12(9(2)19-15-8)20(16,17)14-7-10-4-5-13-11(6-10)18-3/h4-6,14H,7H2,1-3H3. The van der Waals surface area contributed by atoms with E-state index in [0.29, 0.717) is 11.6 Å². The molecule has 0 saturated heterocycles. The molecule has 108 valence electrons. The summed E-state index contributed by atoms with van der Waals surface area (Å²) in [5.41, 5.74) is 1.08. The lowest BCUT2D eigenvalue weighted by atomic mass is 10.3. The molecule has 0 bridgehead atoms. The third-order valence-electron chi connectivity index (χ3n) is 2.71. The monoisotopic (exact) mass is 297 g/mol. The van der Waals surface area contributed by atoms with Crippen LogP contribution in [0.1, 0.15) is 17.0 Å². The molecule has 0 fully saturated rings. The molecule has 8 heteroatoms. The Morgan fingerprint density at radius 3 is 2.75 bits per heavy atom. The van der Waals surface area contributed by atoms with Crippen LogP contribution in [0.15, 0.2) is 27.7 Å². The van der Waals surface area contributed by atoms with Crippen LogP contribution in [0.25, 0.3) is 0 Å². The molecular weight excluding hydrogens is 282 g/mol. The Morgan fingerprint density at radius 2 is 2.15 bits per heavy atom. The Labute approximate surface area is 117 Å². The smallest absolute Gasteiger partial charge is 0.246 e. The number of aromatic nitrogens is 2. The van der Waals surface area contributed by atoms with Crippen LogP contribution in [0.5, 0.6) is 5.88 Å². The third kappa shape index (κ3) is 2.97. The van der Waals surface area contributed by atoms with Crippen molar-refractivity contribution in [2.75, 3.05) is 7.11 Å². The quantitative estimate of drug-likeness (QED) is 0.890. The summed E-state index contributed by atoms with van der Waals surface area (Å²) in [5.74, 6) is 0.696. The van der Waals surface area contributed by atoms with Gasteiger partial charge in [-0.05, 0) is 25.5 Å². The minimum atomic E-state index is -3.66. The van der Waals surface area contributed by atoms with Crippen LogP contribution in [0, 0.1) is 13.8 Å². The molecule has 2 aromatic rings. The highest BCUT2D eigenvalue weighted by atomic mass is 32.2. The highest BCUT2D eigenvalue weighted by molar-refractivity contribution is 7.89. The van der Waals surface area contributed by atoms with Crippen LogP contribution in [-0.2, 0) is 16.6 Å². The highest BCUT2D eigenvalue weighted by Gasteiger charge is 2.23. The first-order valence-electron chi connectivity index (χ1n) is 5.85. The number of methoxy groups -OCH3 is 1. The van der Waals surface area contributed by atoms with Gasteiger partial charge in [-0.2, -0.15) is 0 Å². The fourth-order valence-corrected chi connectivity index (χ4v) is 3.12. The summed E-state index contributed by atoms with van der Waals surface area (Å²) in [5, 5.41) is 3.64. The Kier molecular flexibility index (Phi) is 4.05. The van der Waals surface area contributed by atoms with Gasteiger partial charge in [0, 0.05) is 18.8 Å². The summed E-state index contributed by atoms with van der Waals surface area (Å²) in [6.07, 6.45) is 1.55. The van der Waals surface area contributed by atoms with Crippen molar-refractivity contribution in [1.82, 2.24) is 14.9 Å². The van der Waals surface area contributed by atoms with Crippen molar-refractivity contribution < 1.29 is 17.7 Å². The Bertz CT molecular complexity index is 690. The average Bonchev–Trinajstić information content (AvgIpc) is 2.77. The minimum Gasteiger partial charge on any atom is -0.481 e. The van der Waals surface area contributed by atoms with Crippen LogP contribution in [0.4, 0.5) is 0 Å². The summed E-state index contributed by atoms with van der Waals surface area (Å²) in [6.45, 7) is 3.27. The number of nitrogens with zero attached hydrogens (tertiary/aromatic N) is 2. The second-order valence-corrected chi connectivity index (χ2v) is 5.89. The number of sulfonamides is 1. The number of rotatable bonds is 5. The van der Waals surface area contributed by atoms with Gasteiger partial charge in [-0.15, -0.1) is 0 Å². The number of pyridine rings is 1. The fraction of sp³-hybridized carbons (Fsp3) is 0.333. The fourth-order valence-electron chi connectivity index (χ4n) is 1.78. The second kappa shape index (κ2) is 5.59. The Hall–Kier alpha value is -1.93. The molecule has 0 radical (unpaired) electrons. The first kappa shape index (κ1) is 14.5. The van der Waals surface area contributed by atoms with E-state index >= 15 is 0 Å². The van der Waals surface area contributed by atoms with E-state index < -0.39 is 10.0 Å². The van der Waals surface area contributed by atoms with Gasteiger partial charge >= 0.3 is 0 Å². The van der Waals surface area contributed by atoms with Gasteiger partial charge in [0.2, 0.25) is 15.9 Å². The largest absolute Gasteiger partial charge is 0.481 e. The van der Waals surface area contributed by atoms with E-state index in [1.165, 1.54) is 7.11 Å². The Balaban J connectivity index is 2.17. The third-order valence-corrected chi connectivity index (χ3v) is 4.36. The van der Waals surface area contributed by atoms with Gasteiger partial charge in [0.15, 0.2) is 5.76 Å². The van der Waals surface area contributed by atoms with Gasteiger partial charge in [0.1, 0.15) is 10.6 Å². The van der Waals surface area contributed by atoms with Crippen LogP contribution >= 0.6 is 0 Å². The molecule has 1 N–H and O–H groups in total. The zero-order valence-corrected chi connectivity index (χ0v) is 12.2. The molecule has 0 unspecified atom stereocenters. The number of aryl methyl sites for hydroxylation is 2. The number of ether oxygens (including phenoxy) is 1. The topological polar surface area (TPSA) is 94.3 Å². The predicted molar refractivity (Wildman–Crippen MR) is 70.8 cm³/mol. The normalized spacial score (nSPS) is 11.6.